The summed E-state index contributed by atoms with van der Waals surface area (Å²) in [6.07, 6.45) is -6.51. The molecule has 1 aliphatic heterocycles. The fourth-order valence-corrected chi connectivity index (χ4v) is 2.09. The first-order valence-corrected chi connectivity index (χ1v) is 7.56. The van der Waals surface area contributed by atoms with E-state index in [1.807, 2.05) is 11.9 Å². The minimum absolute atomic E-state index is 0.142. The van der Waals surface area contributed by atoms with E-state index in [-0.39, 0.29) is 26.3 Å². The number of carbonyl (C=O) groups excluding carboxylic acids is 2. The largest absolute Gasteiger partial charge is 0.463 e. The molecule has 1 aliphatic rings. The van der Waals surface area contributed by atoms with Crippen molar-refractivity contribution in [3.8, 4) is 0 Å². The predicted molar refractivity (Wildman–Crippen MR) is 77.8 cm³/mol. The molecule has 24 heavy (non-hydrogen) atoms. The maximum absolute atomic E-state index is 13.7. The molecule has 0 aromatic rings. The van der Waals surface area contributed by atoms with Crippen LogP contribution in [0.1, 0.15) is 13.8 Å². The summed E-state index contributed by atoms with van der Waals surface area (Å²) in [5.74, 6) is -1.65. The van der Waals surface area contributed by atoms with Gasteiger partial charge in [-0.2, -0.15) is 13.2 Å². The lowest BCUT2D eigenvalue weighted by molar-refractivity contribution is -0.231. The molecule has 0 spiro atoms. The first-order chi connectivity index (χ1) is 11.2. The van der Waals surface area contributed by atoms with E-state index >= 15 is 0 Å². The molecule has 1 atom stereocenters. The molecule has 0 aromatic heterocycles. The van der Waals surface area contributed by atoms with Gasteiger partial charge in [0.15, 0.2) is 0 Å². The second-order valence-corrected chi connectivity index (χ2v) is 5.22. The predicted octanol–water partition coefficient (Wildman–Crippen LogP) is 0.306. The number of hydrogen-bond acceptors (Lipinski definition) is 7. The summed E-state index contributed by atoms with van der Waals surface area (Å²) in [6.45, 7) is 3.87. The van der Waals surface area contributed by atoms with Gasteiger partial charge in [-0.3, -0.25) is 5.32 Å². The van der Waals surface area contributed by atoms with Gasteiger partial charge in [-0.25, -0.2) is 20.0 Å². The van der Waals surface area contributed by atoms with E-state index in [1.54, 1.807) is 5.32 Å². The lowest BCUT2D eigenvalue weighted by Gasteiger charge is -2.41. The third-order valence-electron chi connectivity index (χ3n) is 3.40. The van der Waals surface area contributed by atoms with E-state index in [4.69, 9.17) is 0 Å². The van der Waals surface area contributed by atoms with Crippen molar-refractivity contribution in [2.45, 2.75) is 25.7 Å². The molecule has 140 valence electrons. The lowest BCUT2D eigenvalue weighted by Crippen LogP contribution is -2.76. The van der Waals surface area contributed by atoms with Crippen LogP contribution in [0.25, 0.3) is 0 Å². The number of nitrogens with zero attached hydrogens (tertiary/aromatic N) is 2. The van der Waals surface area contributed by atoms with Crippen LogP contribution in [0.4, 0.5) is 18.0 Å². The zero-order valence-electron chi connectivity index (χ0n) is 13.9. The highest BCUT2D eigenvalue weighted by atomic mass is 19.4. The highest BCUT2D eigenvalue weighted by Gasteiger charge is 2.64. The molecule has 0 aliphatic carbocycles. The number of ether oxygens (including phenoxy) is 2. The van der Waals surface area contributed by atoms with E-state index in [1.165, 1.54) is 18.9 Å². The normalized spacial score (nSPS) is 19.4. The highest BCUT2D eigenvalue weighted by molar-refractivity contribution is 5.86. The van der Waals surface area contributed by atoms with Gasteiger partial charge in [0.05, 0.1) is 13.2 Å². The van der Waals surface area contributed by atoms with Gasteiger partial charge in [0.2, 0.25) is 0 Å². The van der Waals surface area contributed by atoms with Gasteiger partial charge in [-0.15, -0.1) is 0 Å². The molecule has 1 rings (SSSR count). The van der Waals surface area contributed by atoms with Crippen LogP contribution in [0.15, 0.2) is 0 Å². The third-order valence-corrected chi connectivity index (χ3v) is 3.40. The summed E-state index contributed by atoms with van der Waals surface area (Å²) < 4.78 is 50.2. The monoisotopic (exact) mass is 356 g/mol. The maximum Gasteiger partial charge on any atom is 0.437 e. The van der Waals surface area contributed by atoms with Gasteiger partial charge in [0.1, 0.15) is 0 Å². The quantitative estimate of drug-likeness (QED) is 0.523. The maximum atomic E-state index is 13.7. The SMILES string of the molecule is CCOC(=O)NC(NN1CCN(C)CC1)(C(=O)OCC)C(F)(F)F. The van der Waals surface area contributed by atoms with E-state index in [0.29, 0.717) is 13.1 Å². The van der Waals surface area contributed by atoms with Crippen LogP contribution in [-0.2, 0) is 14.3 Å². The minimum atomic E-state index is -5.14. The minimum Gasteiger partial charge on any atom is -0.463 e. The molecule has 1 heterocycles. The van der Waals surface area contributed by atoms with Crippen LogP contribution in [0.2, 0.25) is 0 Å². The molecule has 2 N–H and O–H groups in total. The Morgan fingerprint density at radius 2 is 1.58 bits per heavy atom. The smallest absolute Gasteiger partial charge is 0.437 e. The average molecular weight is 356 g/mol. The molecule has 1 amide bonds. The van der Waals surface area contributed by atoms with Gasteiger partial charge >= 0.3 is 23.9 Å². The number of hydrogen-bond donors (Lipinski definition) is 2. The van der Waals surface area contributed by atoms with E-state index < -0.39 is 23.9 Å². The lowest BCUT2D eigenvalue weighted by atomic mass is 10.1. The Balaban J connectivity index is 3.09. The van der Waals surface area contributed by atoms with Crippen molar-refractivity contribution in [2.75, 3.05) is 46.4 Å². The summed E-state index contributed by atoms with van der Waals surface area (Å²) in [6, 6.07) is 0. The second kappa shape index (κ2) is 8.49. The number of alkyl halides is 3. The van der Waals surface area contributed by atoms with E-state index in [0.717, 1.165) is 0 Å². The Morgan fingerprint density at radius 1 is 1.04 bits per heavy atom. The zero-order chi connectivity index (χ0) is 18.4. The number of alkyl carbamates (subject to hydrolysis) is 1. The molecular weight excluding hydrogens is 333 g/mol. The number of piperazine rings is 1. The van der Waals surface area contributed by atoms with Crippen LogP contribution >= 0.6 is 0 Å². The number of esters is 1. The van der Waals surface area contributed by atoms with Crippen LogP contribution in [0, 0.1) is 0 Å². The van der Waals surface area contributed by atoms with Crippen LogP contribution in [0.5, 0.6) is 0 Å². The van der Waals surface area contributed by atoms with Gasteiger partial charge < -0.3 is 14.4 Å². The Kier molecular flexibility index (Phi) is 7.24. The number of rotatable bonds is 6. The van der Waals surface area contributed by atoms with Crippen molar-refractivity contribution in [3.05, 3.63) is 0 Å². The van der Waals surface area contributed by atoms with Crippen LogP contribution in [-0.4, -0.2) is 80.3 Å². The molecule has 1 unspecified atom stereocenters. The van der Waals surface area contributed by atoms with Gasteiger partial charge in [-0.1, -0.05) is 0 Å². The average Bonchev–Trinajstić information content (AvgIpc) is 2.48. The molecule has 0 bridgehead atoms. The molecule has 8 nitrogen and oxygen atoms in total. The standard InChI is InChI=1S/C13H23F3N4O4/c1-4-23-10(21)12(13(14,15)16,17-11(22)24-5-2)18-20-8-6-19(3)7-9-20/h18H,4-9H2,1-3H3,(H,17,22). The number of carbonyl (C=O) groups is 2. The molecule has 0 radical (unpaired) electrons. The van der Waals surface area contributed by atoms with Gasteiger partial charge in [0.25, 0.3) is 0 Å². The van der Waals surface area contributed by atoms with Crippen molar-refractivity contribution in [1.29, 1.82) is 0 Å². The summed E-state index contributed by atoms with van der Waals surface area (Å²) in [5.41, 5.74) is -1.31. The number of halogens is 3. The Hall–Kier alpha value is -1.59. The van der Waals surface area contributed by atoms with Crippen LogP contribution in [0.3, 0.4) is 0 Å². The molecular formula is C13H23F3N4O4. The Bertz CT molecular complexity index is 441. The summed E-state index contributed by atoms with van der Waals surface area (Å²) in [5, 5.41) is 2.82. The topological polar surface area (TPSA) is 83.1 Å². The molecule has 0 aromatic carbocycles. The van der Waals surface area contributed by atoms with Crippen molar-refractivity contribution in [1.82, 2.24) is 20.7 Å². The summed E-state index contributed by atoms with van der Waals surface area (Å²) >= 11 is 0. The molecule has 1 fully saturated rings. The first-order valence-electron chi connectivity index (χ1n) is 7.56. The van der Waals surface area contributed by atoms with Crippen molar-refractivity contribution < 1.29 is 32.2 Å². The summed E-state index contributed by atoms with van der Waals surface area (Å²) in [7, 11) is 1.83. The Labute approximate surface area is 138 Å². The molecule has 0 saturated carbocycles. The number of likely N-dealkylation sites (N-methyl/N-ethyl adjacent to an activating group) is 1. The summed E-state index contributed by atoms with van der Waals surface area (Å²) in [4.78, 5) is 25.6. The van der Waals surface area contributed by atoms with Gasteiger partial charge in [0, 0.05) is 26.2 Å². The second-order valence-electron chi connectivity index (χ2n) is 5.22. The van der Waals surface area contributed by atoms with E-state index in [2.05, 4.69) is 14.9 Å². The number of hydrazine groups is 1. The fraction of sp³-hybridized carbons (Fsp3) is 0.846. The molecule has 11 heteroatoms. The molecule has 1 saturated heterocycles. The highest BCUT2D eigenvalue weighted by Crippen LogP contribution is 2.30. The first kappa shape index (κ1) is 20.5. The fourth-order valence-electron chi connectivity index (χ4n) is 2.09. The van der Waals surface area contributed by atoms with Crippen LogP contribution < -0.4 is 10.7 Å². The number of amides is 1. The van der Waals surface area contributed by atoms with Crippen molar-refractivity contribution in [2.24, 2.45) is 0 Å². The van der Waals surface area contributed by atoms with E-state index in [9.17, 15) is 22.8 Å². The van der Waals surface area contributed by atoms with Crippen molar-refractivity contribution >= 4 is 12.1 Å². The third kappa shape index (κ3) is 4.95. The number of nitrogens with one attached hydrogen (secondary N) is 2. The Morgan fingerprint density at radius 3 is 2.04 bits per heavy atom. The van der Waals surface area contributed by atoms with Gasteiger partial charge in [-0.05, 0) is 20.9 Å². The zero-order valence-corrected chi connectivity index (χ0v) is 13.9. The van der Waals surface area contributed by atoms with Crippen molar-refractivity contribution in [3.63, 3.8) is 0 Å².